The first-order valence-electron chi connectivity index (χ1n) is 5.09. The van der Waals surface area contributed by atoms with Crippen molar-refractivity contribution in [3.63, 3.8) is 0 Å². The van der Waals surface area contributed by atoms with Gasteiger partial charge in [0.2, 0.25) is 0 Å². The minimum atomic E-state index is 0.155. The van der Waals surface area contributed by atoms with E-state index in [0.29, 0.717) is 6.42 Å². The highest BCUT2D eigenvalue weighted by atomic mass is 16.2. The van der Waals surface area contributed by atoms with Crippen molar-refractivity contribution in [2.75, 3.05) is 6.61 Å². The van der Waals surface area contributed by atoms with Gasteiger partial charge in [-0.15, -0.1) is 0 Å². The third-order valence-electron chi connectivity index (χ3n) is 2.58. The molecule has 0 amide bonds. The van der Waals surface area contributed by atoms with E-state index in [2.05, 4.69) is 30.8 Å². The lowest BCUT2D eigenvalue weighted by atomic mass is 9.98. The van der Waals surface area contributed by atoms with Crippen LogP contribution in [0.1, 0.15) is 12.0 Å². The lowest BCUT2D eigenvalue weighted by Gasteiger charge is -2.08. The largest absolute Gasteiger partial charge is 0.396 e. The average Bonchev–Trinajstić information content (AvgIpc) is 2.28. The van der Waals surface area contributed by atoms with Gasteiger partial charge in [0, 0.05) is 6.61 Å². The Morgan fingerprint density at radius 3 is 2.60 bits per heavy atom. The van der Waals surface area contributed by atoms with Crippen LogP contribution in [0.15, 0.2) is 49.0 Å². The van der Waals surface area contributed by atoms with Crippen LogP contribution in [-0.2, 0) is 0 Å². The second-order valence-electron chi connectivity index (χ2n) is 3.60. The number of benzene rings is 2. The number of fused-ring (bicyclic) bond motifs is 1. The molecule has 0 bridgehead atoms. The van der Waals surface area contributed by atoms with Crippen LogP contribution < -0.4 is 0 Å². The summed E-state index contributed by atoms with van der Waals surface area (Å²) in [6.45, 7) is 4.16. The predicted octanol–water partition coefficient (Wildman–Crippen LogP) is 3.24. The summed E-state index contributed by atoms with van der Waals surface area (Å²) >= 11 is 0. The zero-order valence-electron chi connectivity index (χ0n) is 8.61. The third-order valence-corrected chi connectivity index (χ3v) is 2.58. The van der Waals surface area contributed by atoms with Crippen molar-refractivity contribution in [1.29, 1.82) is 0 Å². The minimum Gasteiger partial charge on any atom is -0.396 e. The van der Waals surface area contributed by atoms with Gasteiger partial charge in [-0.25, -0.2) is 0 Å². The number of hydrogen-bond donors (Lipinski definition) is 1. The molecule has 0 aliphatic heterocycles. The highest BCUT2D eigenvalue weighted by molar-refractivity contribution is 5.93. The fourth-order valence-electron chi connectivity index (χ4n) is 1.80. The summed E-state index contributed by atoms with van der Waals surface area (Å²) in [7, 11) is 0. The van der Waals surface area contributed by atoms with Gasteiger partial charge in [0.15, 0.2) is 0 Å². The van der Waals surface area contributed by atoms with Crippen LogP contribution >= 0.6 is 0 Å². The van der Waals surface area contributed by atoms with E-state index in [-0.39, 0.29) is 6.61 Å². The molecule has 0 fully saturated rings. The molecule has 2 aromatic rings. The topological polar surface area (TPSA) is 20.2 Å². The van der Waals surface area contributed by atoms with Crippen LogP contribution in [0.4, 0.5) is 0 Å². The van der Waals surface area contributed by atoms with Gasteiger partial charge in [0.1, 0.15) is 0 Å². The van der Waals surface area contributed by atoms with Gasteiger partial charge in [-0.3, -0.25) is 0 Å². The van der Waals surface area contributed by atoms with Crippen LogP contribution in [0.3, 0.4) is 0 Å². The van der Waals surface area contributed by atoms with Crippen molar-refractivity contribution >= 4 is 16.3 Å². The Morgan fingerprint density at radius 1 is 1.07 bits per heavy atom. The summed E-state index contributed by atoms with van der Waals surface area (Å²) in [5.74, 6) is 0. The zero-order chi connectivity index (χ0) is 10.7. The molecule has 0 aliphatic rings. The zero-order valence-corrected chi connectivity index (χ0v) is 8.61. The molecule has 0 aromatic heterocycles. The second-order valence-corrected chi connectivity index (χ2v) is 3.60. The molecular weight excluding hydrogens is 184 g/mol. The average molecular weight is 198 g/mol. The van der Waals surface area contributed by atoms with Crippen molar-refractivity contribution in [2.45, 2.75) is 6.42 Å². The van der Waals surface area contributed by atoms with E-state index in [9.17, 15) is 0 Å². The molecule has 0 heterocycles. The van der Waals surface area contributed by atoms with Crippen LogP contribution in [0.2, 0.25) is 0 Å². The monoisotopic (exact) mass is 198 g/mol. The van der Waals surface area contributed by atoms with Gasteiger partial charge in [-0.1, -0.05) is 49.0 Å². The van der Waals surface area contributed by atoms with Gasteiger partial charge in [-0.05, 0) is 28.3 Å². The molecule has 0 radical (unpaired) electrons. The molecular formula is C14H14O. The highest BCUT2D eigenvalue weighted by Crippen LogP contribution is 2.25. The molecule has 1 heteroatoms. The quantitative estimate of drug-likeness (QED) is 0.802. The van der Waals surface area contributed by atoms with Gasteiger partial charge in [0.05, 0.1) is 0 Å². The van der Waals surface area contributed by atoms with Gasteiger partial charge in [0.25, 0.3) is 0 Å². The number of rotatable bonds is 3. The highest BCUT2D eigenvalue weighted by Gasteiger charge is 2.02. The van der Waals surface area contributed by atoms with Crippen molar-refractivity contribution in [2.24, 2.45) is 0 Å². The Kier molecular flexibility index (Phi) is 2.84. The molecule has 0 unspecified atom stereocenters. The minimum absolute atomic E-state index is 0.155. The van der Waals surface area contributed by atoms with Crippen molar-refractivity contribution in [1.82, 2.24) is 0 Å². The Labute approximate surface area is 89.7 Å². The molecule has 0 atom stereocenters. The maximum atomic E-state index is 8.91. The van der Waals surface area contributed by atoms with Gasteiger partial charge >= 0.3 is 0 Å². The lowest BCUT2D eigenvalue weighted by Crippen LogP contribution is -1.89. The second kappa shape index (κ2) is 4.28. The molecule has 2 aromatic carbocycles. The van der Waals surface area contributed by atoms with Gasteiger partial charge in [-0.2, -0.15) is 0 Å². The summed E-state index contributed by atoms with van der Waals surface area (Å²) in [5.41, 5.74) is 2.14. The van der Waals surface area contributed by atoms with E-state index in [1.54, 1.807) is 0 Å². The third kappa shape index (κ3) is 1.92. The normalized spacial score (nSPS) is 10.5. The summed E-state index contributed by atoms with van der Waals surface area (Å²) in [6.07, 6.45) is 0.633. The van der Waals surface area contributed by atoms with Crippen molar-refractivity contribution in [3.8, 4) is 0 Å². The van der Waals surface area contributed by atoms with Crippen LogP contribution in [0, 0.1) is 0 Å². The van der Waals surface area contributed by atoms with E-state index in [1.165, 1.54) is 10.8 Å². The standard InChI is InChI=1S/C14H14O/c1-11(9-10-15)13-8-4-6-12-5-2-3-7-14(12)13/h2-8,15H,1,9-10H2. The Bertz CT molecular complexity index is 480. The first kappa shape index (κ1) is 9.94. The molecule has 0 saturated heterocycles. The molecule has 2 rings (SSSR count). The van der Waals surface area contributed by atoms with E-state index in [1.807, 2.05) is 18.2 Å². The summed E-state index contributed by atoms with van der Waals surface area (Å²) in [5, 5.41) is 11.3. The molecule has 1 N–H and O–H groups in total. The van der Waals surface area contributed by atoms with Crippen molar-refractivity contribution in [3.05, 3.63) is 54.6 Å². The van der Waals surface area contributed by atoms with Crippen LogP contribution in [0.25, 0.3) is 16.3 Å². The van der Waals surface area contributed by atoms with Crippen LogP contribution in [-0.4, -0.2) is 11.7 Å². The smallest absolute Gasteiger partial charge is 0.0471 e. The lowest BCUT2D eigenvalue weighted by molar-refractivity contribution is 0.305. The van der Waals surface area contributed by atoms with E-state index in [0.717, 1.165) is 11.1 Å². The van der Waals surface area contributed by atoms with Gasteiger partial charge < -0.3 is 5.11 Å². The Morgan fingerprint density at radius 2 is 1.80 bits per heavy atom. The summed E-state index contributed by atoms with van der Waals surface area (Å²) < 4.78 is 0. The Balaban J connectivity index is 2.56. The van der Waals surface area contributed by atoms with Crippen molar-refractivity contribution < 1.29 is 5.11 Å². The first-order chi connectivity index (χ1) is 7.33. The van der Waals surface area contributed by atoms with Crippen LogP contribution in [0.5, 0.6) is 0 Å². The Hall–Kier alpha value is -1.60. The SMILES string of the molecule is C=C(CCO)c1cccc2ccccc12. The number of hydrogen-bond acceptors (Lipinski definition) is 1. The maximum Gasteiger partial charge on any atom is 0.0471 e. The summed E-state index contributed by atoms with van der Waals surface area (Å²) in [4.78, 5) is 0. The maximum absolute atomic E-state index is 8.91. The number of aliphatic hydroxyl groups is 1. The predicted molar refractivity (Wildman–Crippen MR) is 64.7 cm³/mol. The fraction of sp³-hybridized carbons (Fsp3) is 0.143. The first-order valence-corrected chi connectivity index (χ1v) is 5.09. The molecule has 15 heavy (non-hydrogen) atoms. The molecule has 0 aliphatic carbocycles. The molecule has 0 saturated carbocycles. The van der Waals surface area contributed by atoms with E-state index >= 15 is 0 Å². The molecule has 0 spiro atoms. The molecule has 1 nitrogen and oxygen atoms in total. The fourth-order valence-corrected chi connectivity index (χ4v) is 1.80. The van der Waals surface area contributed by atoms with E-state index in [4.69, 9.17) is 5.11 Å². The molecule has 76 valence electrons. The number of aliphatic hydroxyl groups excluding tert-OH is 1. The van der Waals surface area contributed by atoms with E-state index < -0.39 is 0 Å². The summed E-state index contributed by atoms with van der Waals surface area (Å²) in [6, 6.07) is 14.4.